The highest BCUT2D eigenvalue weighted by Gasteiger charge is 2.42. The van der Waals surface area contributed by atoms with Crippen LogP contribution in [0.2, 0.25) is 0 Å². The van der Waals surface area contributed by atoms with Crippen molar-refractivity contribution in [2.45, 2.75) is 76.0 Å². The number of aromatic amines is 1. The lowest BCUT2D eigenvalue weighted by Gasteiger charge is -2.49. The molecule has 0 unspecified atom stereocenters. The van der Waals surface area contributed by atoms with E-state index in [0.717, 1.165) is 29.3 Å². The van der Waals surface area contributed by atoms with E-state index in [2.05, 4.69) is 9.88 Å². The molecule has 198 valence electrons. The predicted octanol–water partition coefficient (Wildman–Crippen LogP) is 5.12. The lowest BCUT2D eigenvalue weighted by Crippen LogP contribution is -2.61. The molecule has 2 fully saturated rings. The number of aromatic nitrogens is 1. The second kappa shape index (κ2) is 9.03. The van der Waals surface area contributed by atoms with E-state index in [0.29, 0.717) is 31.2 Å². The Balaban J connectivity index is 1.32. The fraction of sp³-hybridized carbons (Fsp3) is 0.517. The van der Waals surface area contributed by atoms with Crippen LogP contribution in [-0.4, -0.2) is 69.5 Å². The Bertz CT molecular complexity index is 1280. The third-order valence-corrected chi connectivity index (χ3v) is 8.19. The summed E-state index contributed by atoms with van der Waals surface area (Å²) >= 11 is 0. The molecule has 6 rings (SSSR count). The Morgan fingerprint density at radius 3 is 2.43 bits per heavy atom. The van der Waals surface area contributed by atoms with Gasteiger partial charge in [0, 0.05) is 66.0 Å². The summed E-state index contributed by atoms with van der Waals surface area (Å²) in [5, 5.41) is 10.5. The van der Waals surface area contributed by atoms with E-state index < -0.39 is 23.3 Å². The van der Waals surface area contributed by atoms with Crippen molar-refractivity contribution in [2.75, 3.05) is 19.6 Å². The maximum atomic E-state index is 15.8. The number of alkyl halides is 1. The molecule has 0 radical (unpaired) electrons. The van der Waals surface area contributed by atoms with Crippen LogP contribution in [0.25, 0.3) is 10.9 Å². The Hall–Kier alpha value is -2.55. The SMILES string of the molecule is C[C@@H]1Cc2c([nH]c3ccccc23)[C@@H](c2c(F)cc(OC3CN([C@H]4C[C@@H](O)C4)C3)cc2F)N1CC(C)(C)F. The van der Waals surface area contributed by atoms with Gasteiger partial charge in [0.1, 0.15) is 29.2 Å². The minimum Gasteiger partial charge on any atom is -0.488 e. The van der Waals surface area contributed by atoms with Gasteiger partial charge >= 0.3 is 0 Å². The van der Waals surface area contributed by atoms with Crippen LogP contribution in [0.4, 0.5) is 13.2 Å². The van der Waals surface area contributed by atoms with Crippen LogP contribution < -0.4 is 4.74 Å². The zero-order chi connectivity index (χ0) is 26.1. The van der Waals surface area contributed by atoms with E-state index in [1.807, 2.05) is 36.1 Å². The van der Waals surface area contributed by atoms with E-state index in [1.165, 1.54) is 26.0 Å². The Kier molecular flexibility index (Phi) is 6.05. The summed E-state index contributed by atoms with van der Waals surface area (Å²) in [6, 6.07) is 9.82. The molecular formula is C29H34F3N3O2. The molecule has 1 aliphatic carbocycles. The Labute approximate surface area is 215 Å². The highest BCUT2D eigenvalue weighted by Crippen LogP contribution is 2.44. The lowest BCUT2D eigenvalue weighted by molar-refractivity contribution is -0.0713. The first-order chi connectivity index (χ1) is 17.6. The molecule has 8 heteroatoms. The topological polar surface area (TPSA) is 51.7 Å². The molecule has 0 spiro atoms. The number of rotatable bonds is 6. The summed E-state index contributed by atoms with van der Waals surface area (Å²) in [6.07, 6.45) is 1.84. The summed E-state index contributed by atoms with van der Waals surface area (Å²) in [5.74, 6) is -1.23. The van der Waals surface area contributed by atoms with Gasteiger partial charge in [-0.3, -0.25) is 9.80 Å². The van der Waals surface area contributed by atoms with Gasteiger partial charge in [0.15, 0.2) is 0 Å². The molecule has 2 aliphatic heterocycles. The molecule has 2 N–H and O–H groups in total. The molecular weight excluding hydrogens is 479 g/mol. The molecule has 1 saturated heterocycles. The number of hydrogen-bond acceptors (Lipinski definition) is 4. The maximum absolute atomic E-state index is 15.8. The monoisotopic (exact) mass is 513 g/mol. The highest BCUT2D eigenvalue weighted by atomic mass is 19.1. The molecule has 0 bridgehead atoms. The van der Waals surface area contributed by atoms with Crippen LogP contribution in [0.3, 0.4) is 0 Å². The van der Waals surface area contributed by atoms with Crippen molar-refractivity contribution in [3.8, 4) is 5.75 Å². The summed E-state index contributed by atoms with van der Waals surface area (Å²) in [6.45, 7) is 6.38. The smallest absolute Gasteiger partial charge is 0.135 e. The quantitative estimate of drug-likeness (QED) is 0.481. The Morgan fingerprint density at radius 2 is 1.78 bits per heavy atom. The first kappa shape index (κ1) is 24.8. The standard InChI is InChI=1S/C29H34F3N3O2/c1-16-8-22-21-6-4-5-7-25(21)33-27(22)28(35(16)15-29(2,3)32)26-23(30)11-19(12-24(26)31)37-20-13-34(14-20)17-9-18(36)10-17/h4-7,11-12,16-18,20,28,33,36H,8-10,13-15H2,1-3H3/t16-,17-,18+,28-/m1/s1. The van der Waals surface area contributed by atoms with Crippen LogP contribution in [-0.2, 0) is 6.42 Å². The number of para-hydroxylation sites is 1. The minimum absolute atomic E-state index is 0.0402. The first-order valence-corrected chi connectivity index (χ1v) is 13.2. The van der Waals surface area contributed by atoms with Gasteiger partial charge in [-0.2, -0.15) is 0 Å². The zero-order valence-corrected chi connectivity index (χ0v) is 21.5. The average molecular weight is 514 g/mol. The van der Waals surface area contributed by atoms with Gasteiger partial charge in [-0.25, -0.2) is 13.2 Å². The van der Waals surface area contributed by atoms with Gasteiger partial charge in [-0.1, -0.05) is 18.2 Å². The van der Waals surface area contributed by atoms with Crippen molar-refractivity contribution >= 4 is 10.9 Å². The van der Waals surface area contributed by atoms with Gasteiger partial charge < -0.3 is 14.8 Å². The average Bonchev–Trinajstić information content (AvgIpc) is 3.13. The Morgan fingerprint density at radius 1 is 1.11 bits per heavy atom. The number of H-pyrrole nitrogens is 1. The molecule has 2 aromatic carbocycles. The fourth-order valence-corrected chi connectivity index (χ4v) is 6.28. The van der Waals surface area contributed by atoms with E-state index in [-0.39, 0.29) is 36.1 Å². The van der Waals surface area contributed by atoms with Crippen molar-refractivity contribution < 1.29 is 23.0 Å². The van der Waals surface area contributed by atoms with Gasteiger partial charge in [0.2, 0.25) is 0 Å². The molecule has 3 aliphatic rings. The molecule has 1 aromatic heterocycles. The van der Waals surface area contributed by atoms with Crippen LogP contribution in [0.5, 0.6) is 5.75 Å². The maximum Gasteiger partial charge on any atom is 0.135 e. The van der Waals surface area contributed by atoms with E-state index >= 15 is 8.78 Å². The van der Waals surface area contributed by atoms with E-state index in [9.17, 15) is 9.50 Å². The second-order valence-electron chi connectivity index (χ2n) is 11.7. The number of aliphatic hydroxyl groups is 1. The zero-order valence-electron chi connectivity index (χ0n) is 21.5. The molecule has 3 aromatic rings. The summed E-state index contributed by atoms with van der Waals surface area (Å²) in [7, 11) is 0. The van der Waals surface area contributed by atoms with Crippen molar-refractivity contribution in [2.24, 2.45) is 0 Å². The molecule has 1 saturated carbocycles. The summed E-state index contributed by atoms with van der Waals surface area (Å²) in [4.78, 5) is 7.50. The summed E-state index contributed by atoms with van der Waals surface area (Å²) < 4.78 is 52.4. The number of nitrogens with one attached hydrogen (secondary N) is 1. The van der Waals surface area contributed by atoms with E-state index in [4.69, 9.17) is 4.74 Å². The number of nitrogens with zero attached hydrogens (tertiary/aromatic N) is 2. The number of halogens is 3. The van der Waals surface area contributed by atoms with Crippen LogP contribution in [0.15, 0.2) is 36.4 Å². The third-order valence-electron chi connectivity index (χ3n) is 8.19. The largest absolute Gasteiger partial charge is 0.488 e. The minimum atomic E-state index is -1.54. The van der Waals surface area contributed by atoms with Crippen LogP contribution in [0, 0.1) is 11.6 Å². The van der Waals surface area contributed by atoms with Gasteiger partial charge in [0.25, 0.3) is 0 Å². The fourth-order valence-electron chi connectivity index (χ4n) is 6.28. The second-order valence-corrected chi connectivity index (χ2v) is 11.7. The molecule has 2 atom stereocenters. The number of fused-ring (bicyclic) bond motifs is 3. The number of ether oxygens (including phenoxy) is 1. The predicted molar refractivity (Wildman–Crippen MR) is 137 cm³/mol. The van der Waals surface area contributed by atoms with Gasteiger partial charge in [0.05, 0.1) is 12.1 Å². The number of benzene rings is 2. The normalized spacial score (nSPS) is 27.1. The van der Waals surface area contributed by atoms with E-state index in [1.54, 1.807) is 0 Å². The number of aliphatic hydroxyl groups excluding tert-OH is 1. The molecule has 5 nitrogen and oxygen atoms in total. The molecule has 0 amide bonds. The molecule has 3 heterocycles. The van der Waals surface area contributed by atoms with Crippen LogP contribution in [0.1, 0.15) is 56.5 Å². The first-order valence-electron chi connectivity index (χ1n) is 13.2. The van der Waals surface area contributed by atoms with Crippen molar-refractivity contribution in [3.05, 3.63) is 64.9 Å². The lowest BCUT2D eigenvalue weighted by atomic mass is 9.86. The van der Waals surface area contributed by atoms with Gasteiger partial charge in [-0.05, 0) is 51.7 Å². The van der Waals surface area contributed by atoms with Crippen LogP contribution >= 0.6 is 0 Å². The molecule has 37 heavy (non-hydrogen) atoms. The third kappa shape index (κ3) is 4.53. The summed E-state index contributed by atoms with van der Waals surface area (Å²) in [5.41, 5.74) is 1.01. The van der Waals surface area contributed by atoms with Crippen molar-refractivity contribution in [1.82, 2.24) is 14.8 Å². The van der Waals surface area contributed by atoms with Gasteiger partial charge in [-0.15, -0.1) is 0 Å². The number of hydrogen-bond donors (Lipinski definition) is 2. The highest BCUT2D eigenvalue weighted by molar-refractivity contribution is 5.85. The number of likely N-dealkylation sites (tertiary alicyclic amines) is 1. The van der Waals surface area contributed by atoms with Crippen molar-refractivity contribution in [1.29, 1.82) is 0 Å². The van der Waals surface area contributed by atoms with Crippen molar-refractivity contribution in [3.63, 3.8) is 0 Å².